The Morgan fingerprint density at radius 2 is 2.00 bits per heavy atom. The van der Waals surface area contributed by atoms with Crippen molar-refractivity contribution in [2.24, 2.45) is 0 Å². The van der Waals surface area contributed by atoms with Crippen LogP contribution < -0.4 is 5.32 Å². The van der Waals surface area contributed by atoms with E-state index in [1.807, 2.05) is 19.9 Å². The number of benzene rings is 1. The monoisotopic (exact) mass is 257 g/mol. The van der Waals surface area contributed by atoms with Crippen molar-refractivity contribution < 1.29 is 13.2 Å². The van der Waals surface area contributed by atoms with Gasteiger partial charge in [-0.25, -0.2) is 8.42 Å². The maximum absolute atomic E-state index is 11.6. The standard InChI is InChI=1S/C12H19NO3S/c1-4-16-9-10(2)13-11-7-5-6-8-12(11)17(3,14)15/h5-8,10,13H,4,9H2,1-3H3. The molecule has 0 heterocycles. The Labute approximate surface area is 103 Å². The second-order valence-corrected chi connectivity index (χ2v) is 5.96. The molecular weight excluding hydrogens is 238 g/mol. The molecule has 0 spiro atoms. The van der Waals surface area contributed by atoms with E-state index in [1.165, 1.54) is 6.26 Å². The zero-order valence-electron chi connectivity index (χ0n) is 10.4. The van der Waals surface area contributed by atoms with Crippen molar-refractivity contribution in [3.8, 4) is 0 Å². The summed E-state index contributed by atoms with van der Waals surface area (Å²) in [5, 5.41) is 3.15. The molecule has 0 saturated carbocycles. The third kappa shape index (κ3) is 4.36. The normalized spacial score (nSPS) is 13.4. The van der Waals surface area contributed by atoms with Gasteiger partial charge in [0.15, 0.2) is 9.84 Å². The summed E-state index contributed by atoms with van der Waals surface area (Å²) in [6.45, 7) is 5.08. The fraction of sp³-hybridized carbons (Fsp3) is 0.500. The molecule has 0 aliphatic carbocycles. The van der Waals surface area contributed by atoms with Gasteiger partial charge in [-0.15, -0.1) is 0 Å². The minimum Gasteiger partial charge on any atom is -0.380 e. The Bertz CT molecular complexity index is 457. The lowest BCUT2D eigenvalue weighted by atomic mass is 10.3. The number of hydrogen-bond donors (Lipinski definition) is 1. The van der Waals surface area contributed by atoms with Gasteiger partial charge < -0.3 is 10.1 Å². The smallest absolute Gasteiger partial charge is 0.177 e. The molecule has 1 unspecified atom stereocenters. The SMILES string of the molecule is CCOCC(C)Nc1ccccc1S(C)(=O)=O. The van der Waals surface area contributed by atoms with E-state index in [4.69, 9.17) is 4.74 Å². The molecule has 0 aliphatic heterocycles. The summed E-state index contributed by atoms with van der Waals surface area (Å²) in [6, 6.07) is 6.96. The van der Waals surface area contributed by atoms with E-state index in [1.54, 1.807) is 18.2 Å². The summed E-state index contributed by atoms with van der Waals surface area (Å²) in [5.41, 5.74) is 0.627. The van der Waals surface area contributed by atoms with Crippen LogP contribution in [0.3, 0.4) is 0 Å². The summed E-state index contributed by atoms with van der Waals surface area (Å²) >= 11 is 0. The summed E-state index contributed by atoms with van der Waals surface area (Å²) in [6.07, 6.45) is 1.21. The second-order valence-electron chi connectivity index (χ2n) is 3.97. The first kappa shape index (κ1) is 14.0. The van der Waals surface area contributed by atoms with Crippen LogP contribution in [-0.4, -0.2) is 33.9 Å². The molecule has 0 bridgehead atoms. The lowest BCUT2D eigenvalue weighted by molar-refractivity contribution is 0.141. The first-order valence-corrected chi connectivity index (χ1v) is 7.47. The van der Waals surface area contributed by atoms with Crippen LogP contribution in [0.2, 0.25) is 0 Å². The molecule has 0 aromatic heterocycles. The molecule has 0 aliphatic rings. The predicted octanol–water partition coefficient (Wildman–Crippen LogP) is 1.93. The number of para-hydroxylation sites is 1. The van der Waals surface area contributed by atoms with Crippen LogP contribution in [0, 0.1) is 0 Å². The minimum absolute atomic E-state index is 0.0675. The summed E-state index contributed by atoms with van der Waals surface area (Å²) < 4.78 is 28.4. The molecule has 0 saturated heterocycles. The Morgan fingerprint density at radius 3 is 2.59 bits per heavy atom. The van der Waals surface area contributed by atoms with Gasteiger partial charge in [-0.05, 0) is 26.0 Å². The van der Waals surface area contributed by atoms with E-state index in [0.29, 0.717) is 23.8 Å². The van der Waals surface area contributed by atoms with Crippen LogP contribution >= 0.6 is 0 Å². The van der Waals surface area contributed by atoms with Crippen LogP contribution in [0.15, 0.2) is 29.2 Å². The molecule has 0 radical (unpaired) electrons. The van der Waals surface area contributed by atoms with E-state index < -0.39 is 9.84 Å². The molecule has 1 rings (SSSR count). The second kappa shape index (κ2) is 6.02. The van der Waals surface area contributed by atoms with Crippen molar-refractivity contribution in [2.75, 3.05) is 24.8 Å². The third-order valence-corrected chi connectivity index (χ3v) is 3.42. The van der Waals surface area contributed by atoms with Crippen molar-refractivity contribution in [1.29, 1.82) is 0 Å². The van der Waals surface area contributed by atoms with Gasteiger partial charge in [-0.3, -0.25) is 0 Å². The Morgan fingerprint density at radius 1 is 1.35 bits per heavy atom. The number of nitrogens with one attached hydrogen (secondary N) is 1. The highest BCUT2D eigenvalue weighted by Crippen LogP contribution is 2.21. The maximum atomic E-state index is 11.6. The molecule has 0 fully saturated rings. The van der Waals surface area contributed by atoms with Crippen LogP contribution in [0.4, 0.5) is 5.69 Å². The molecule has 96 valence electrons. The lowest BCUT2D eigenvalue weighted by Gasteiger charge is -2.17. The number of anilines is 1. The Hall–Kier alpha value is -1.07. The van der Waals surface area contributed by atoms with Crippen molar-refractivity contribution in [2.45, 2.75) is 24.8 Å². The highest BCUT2D eigenvalue weighted by Gasteiger charge is 2.13. The van der Waals surface area contributed by atoms with Crippen molar-refractivity contribution >= 4 is 15.5 Å². The molecule has 1 atom stereocenters. The van der Waals surface area contributed by atoms with Gasteiger partial charge in [0.05, 0.1) is 17.2 Å². The van der Waals surface area contributed by atoms with Crippen LogP contribution in [0.1, 0.15) is 13.8 Å². The van der Waals surface area contributed by atoms with Gasteiger partial charge in [0.1, 0.15) is 0 Å². The predicted molar refractivity (Wildman–Crippen MR) is 69.1 cm³/mol. The van der Waals surface area contributed by atoms with E-state index in [-0.39, 0.29) is 6.04 Å². The van der Waals surface area contributed by atoms with Crippen LogP contribution in [0.25, 0.3) is 0 Å². The van der Waals surface area contributed by atoms with Gasteiger partial charge in [-0.2, -0.15) is 0 Å². The molecule has 4 nitrogen and oxygen atoms in total. The third-order valence-electron chi connectivity index (χ3n) is 2.26. The fourth-order valence-corrected chi connectivity index (χ4v) is 2.36. The molecule has 17 heavy (non-hydrogen) atoms. The van der Waals surface area contributed by atoms with Crippen molar-refractivity contribution in [3.05, 3.63) is 24.3 Å². The minimum atomic E-state index is -3.20. The van der Waals surface area contributed by atoms with E-state index in [9.17, 15) is 8.42 Å². The largest absolute Gasteiger partial charge is 0.380 e. The van der Waals surface area contributed by atoms with Gasteiger partial charge in [-0.1, -0.05) is 12.1 Å². The number of ether oxygens (including phenoxy) is 1. The number of sulfone groups is 1. The van der Waals surface area contributed by atoms with E-state index >= 15 is 0 Å². The van der Waals surface area contributed by atoms with Crippen LogP contribution in [-0.2, 0) is 14.6 Å². The topological polar surface area (TPSA) is 55.4 Å². The average molecular weight is 257 g/mol. The summed E-state index contributed by atoms with van der Waals surface area (Å²) in [7, 11) is -3.20. The van der Waals surface area contributed by atoms with E-state index in [0.717, 1.165) is 0 Å². The highest BCUT2D eigenvalue weighted by molar-refractivity contribution is 7.90. The van der Waals surface area contributed by atoms with Gasteiger partial charge in [0, 0.05) is 18.9 Å². The average Bonchev–Trinajstić information content (AvgIpc) is 2.25. The first-order valence-electron chi connectivity index (χ1n) is 5.58. The van der Waals surface area contributed by atoms with Crippen molar-refractivity contribution in [1.82, 2.24) is 0 Å². The van der Waals surface area contributed by atoms with Gasteiger partial charge in [0.2, 0.25) is 0 Å². The molecule has 1 aromatic rings. The Kier molecular flexibility index (Phi) is 4.96. The maximum Gasteiger partial charge on any atom is 0.177 e. The number of rotatable bonds is 6. The fourth-order valence-electron chi connectivity index (χ4n) is 1.51. The Balaban J connectivity index is 2.84. The zero-order valence-corrected chi connectivity index (χ0v) is 11.3. The molecule has 1 N–H and O–H groups in total. The molecular formula is C12H19NO3S. The van der Waals surface area contributed by atoms with Crippen LogP contribution in [0.5, 0.6) is 0 Å². The summed E-state index contributed by atoms with van der Waals surface area (Å²) in [4.78, 5) is 0.323. The molecule has 0 amide bonds. The zero-order chi connectivity index (χ0) is 12.9. The highest BCUT2D eigenvalue weighted by atomic mass is 32.2. The molecule has 5 heteroatoms. The van der Waals surface area contributed by atoms with Gasteiger partial charge >= 0.3 is 0 Å². The summed E-state index contributed by atoms with van der Waals surface area (Å²) in [5.74, 6) is 0. The quantitative estimate of drug-likeness (QED) is 0.846. The molecule has 1 aromatic carbocycles. The number of hydrogen-bond acceptors (Lipinski definition) is 4. The van der Waals surface area contributed by atoms with Gasteiger partial charge in [0.25, 0.3) is 0 Å². The van der Waals surface area contributed by atoms with E-state index in [2.05, 4.69) is 5.32 Å². The first-order chi connectivity index (χ1) is 7.95. The van der Waals surface area contributed by atoms with Crippen molar-refractivity contribution in [3.63, 3.8) is 0 Å². The lowest BCUT2D eigenvalue weighted by Crippen LogP contribution is -2.22.